The molecule has 0 amide bonds. The maximum Gasteiger partial charge on any atom is 0.367 e. The van der Waals surface area contributed by atoms with Crippen molar-refractivity contribution in [3.63, 3.8) is 0 Å². The molecular weight excluding hydrogens is 293 g/mol. The van der Waals surface area contributed by atoms with E-state index in [9.17, 15) is 9.18 Å². The second kappa shape index (κ2) is 7.62. The number of benzene rings is 1. The topological polar surface area (TPSA) is 29.5 Å². The molecular formula is C19H26FNO2. The van der Waals surface area contributed by atoms with Crippen molar-refractivity contribution in [2.24, 2.45) is 0 Å². The van der Waals surface area contributed by atoms with Crippen molar-refractivity contribution >= 4 is 17.2 Å². The molecule has 0 saturated carbocycles. The Bertz CT molecular complexity index is 607. The number of carbonyl (C=O) groups is 1. The molecule has 0 N–H and O–H groups in total. The number of hydrogen-bond acceptors (Lipinski definition) is 3. The SMILES string of the molecule is CCOC(=O)/C(F)=C(/CC)c1ccc2c(c1)CCCN2C(C)C. The molecule has 0 aliphatic carbocycles. The average molecular weight is 319 g/mol. The van der Waals surface area contributed by atoms with Crippen molar-refractivity contribution in [3.05, 3.63) is 35.2 Å². The zero-order valence-electron chi connectivity index (χ0n) is 14.5. The normalized spacial score (nSPS) is 15.3. The van der Waals surface area contributed by atoms with Gasteiger partial charge in [0, 0.05) is 23.8 Å². The van der Waals surface area contributed by atoms with E-state index in [1.165, 1.54) is 11.3 Å². The number of aryl methyl sites for hydroxylation is 1. The first-order valence-corrected chi connectivity index (χ1v) is 8.45. The van der Waals surface area contributed by atoms with E-state index in [0.717, 1.165) is 24.9 Å². The molecule has 0 fully saturated rings. The Morgan fingerprint density at radius 3 is 2.70 bits per heavy atom. The van der Waals surface area contributed by atoms with Crippen LogP contribution >= 0.6 is 0 Å². The van der Waals surface area contributed by atoms with Crippen LogP contribution in [0.3, 0.4) is 0 Å². The molecule has 3 nitrogen and oxygen atoms in total. The molecule has 0 aromatic heterocycles. The van der Waals surface area contributed by atoms with Gasteiger partial charge in [0.2, 0.25) is 5.83 Å². The third-order valence-corrected chi connectivity index (χ3v) is 4.28. The van der Waals surface area contributed by atoms with Crippen LogP contribution in [0.1, 0.15) is 51.7 Å². The second-order valence-electron chi connectivity index (χ2n) is 6.10. The number of carbonyl (C=O) groups excluding carboxylic acids is 1. The fraction of sp³-hybridized carbons (Fsp3) is 0.526. The third-order valence-electron chi connectivity index (χ3n) is 4.28. The quantitative estimate of drug-likeness (QED) is 0.591. The molecule has 23 heavy (non-hydrogen) atoms. The van der Waals surface area contributed by atoms with Crippen LogP contribution in [-0.4, -0.2) is 25.2 Å². The summed E-state index contributed by atoms with van der Waals surface area (Å²) in [5, 5.41) is 0. The molecule has 0 radical (unpaired) electrons. The lowest BCUT2D eigenvalue weighted by molar-refractivity contribution is -0.140. The van der Waals surface area contributed by atoms with Gasteiger partial charge >= 0.3 is 5.97 Å². The van der Waals surface area contributed by atoms with Crippen LogP contribution < -0.4 is 4.90 Å². The van der Waals surface area contributed by atoms with Crippen LogP contribution in [0.25, 0.3) is 5.57 Å². The number of anilines is 1. The second-order valence-corrected chi connectivity index (χ2v) is 6.10. The summed E-state index contributed by atoms with van der Waals surface area (Å²) in [7, 11) is 0. The number of nitrogens with zero attached hydrogens (tertiary/aromatic N) is 1. The first-order chi connectivity index (χ1) is 11.0. The number of rotatable bonds is 5. The van der Waals surface area contributed by atoms with Gasteiger partial charge in [0.15, 0.2) is 0 Å². The Morgan fingerprint density at radius 2 is 2.09 bits per heavy atom. The predicted molar refractivity (Wildman–Crippen MR) is 92.2 cm³/mol. The number of allylic oxidation sites excluding steroid dienone is 1. The highest BCUT2D eigenvalue weighted by atomic mass is 19.1. The van der Waals surface area contributed by atoms with Crippen molar-refractivity contribution in [1.29, 1.82) is 0 Å². The summed E-state index contributed by atoms with van der Waals surface area (Å²) in [5.74, 6) is -1.64. The van der Waals surface area contributed by atoms with Crippen LogP contribution in [0.15, 0.2) is 24.0 Å². The molecule has 0 atom stereocenters. The smallest absolute Gasteiger partial charge is 0.367 e. The van der Waals surface area contributed by atoms with E-state index in [1.807, 2.05) is 19.1 Å². The maximum atomic E-state index is 14.4. The van der Waals surface area contributed by atoms with Gasteiger partial charge in [-0.15, -0.1) is 0 Å². The molecule has 1 aliphatic heterocycles. The first kappa shape index (κ1) is 17.5. The summed E-state index contributed by atoms with van der Waals surface area (Å²) in [4.78, 5) is 14.1. The fourth-order valence-corrected chi connectivity index (χ4v) is 3.15. The Kier molecular flexibility index (Phi) is 5.80. The summed E-state index contributed by atoms with van der Waals surface area (Å²) in [6, 6.07) is 6.44. The molecule has 0 bridgehead atoms. The highest BCUT2D eigenvalue weighted by Crippen LogP contribution is 2.33. The van der Waals surface area contributed by atoms with E-state index in [0.29, 0.717) is 18.0 Å². The molecule has 0 saturated heterocycles. The minimum absolute atomic E-state index is 0.177. The Balaban J connectivity index is 2.40. The lowest BCUT2D eigenvalue weighted by Gasteiger charge is -2.35. The van der Waals surface area contributed by atoms with Crippen molar-refractivity contribution in [2.45, 2.75) is 53.0 Å². The molecule has 1 heterocycles. The highest BCUT2D eigenvalue weighted by Gasteiger charge is 2.22. The van der Waals surface area contributed by atoms with Crippen LogP contribution in [0, 0.1) is 0 Å². The van der Waals surface area contributed by atoms with Gasteiger partial charge in [0.1, 0.15) is 0 Å². The van der Waals surface area contributed by atoms with Gasteiger partial charge < -0.3 is 9.64 Å². The number of ether oxygens (including phenoxy) is 1. The monoisotopic (exact) mass is 319 g/mol. The molecule has 4 heteroatoms. The first-order valence-electron chi connectivity index (χ1n) is 8.45. The van der Waals surface area contributed by atoms with Gasteiger partial charge in [0.05, 0.1) is 6.61 Å². The van der Waals surface area contributed by atoms with Gasteiger partial charge in [-0.2, -0.15) is 4.39 Å². The lowest BCUT2D eigenvalue weighted by Crippen LogP contribution is -2.35. The zero-order chi connectivity index (χ0) is 17.0. The van der Waals surface area contributed by atoms with Crippen LogP contribution in [0.2, 0.25) is 0 Å². The van der Waals surface area contributed by atoms with E-state index in [-0.39, 0.29) is 6.61 Å². The van der Waals surface area contributed by atoms with E-state index < -0.39 is 11.8 Å². The lowest BCUT2D eigenvalue weighted by atomic mass is 9.94. The minimum atomic E-state index is -0.870. The maximum absolute atomic E-state index is 14.4. The van der Waals surface area contributed by atoms with Gasteiger partial charge in [-0.3, -0.25) is 0 Å². The molecule has 1 aromatic carbocycles. The van der Waals surface area contributed by atoms with E-state index in [4.69, 9.17) is 4.74 Å². The predicted octanol–water partition coefficient (Wildman–Crippen LogP) is 4.50. The number of fused-ring (bicyclic) bond motifs is 1. The molecule has 0 spiro atoms. The zero-order valence-corrected chi connectivity index (χ0v) is 14.5. The minimum Gasteiger partial charge on any atom is -0.461 e. The summed E-state index contributed by atoms with van der Waals surface area (Å²) in [6.07, 6.45) is 2.54. The molecule has 2 rings (SSSR count). The van der Waals surface area contributed by atoms with Crippen molar-refractivity contribution in [2.75, 3.05) is 18.1 Å². The van der Waals surface area contributed by atoms with Gasteiger partial charge in [-0.05, 0) is 63.3 Å². The summed E-state index contributed by atoms with van der Waals surface area (Å²) in [6.45, 7) is 9.13. The summed E-state index contributed by atoms with van der Waals surface area (Å²) in [5.41, 5.74) is 3.65. The molecule has 126 valence electrons. The molecule has 1 aromatic rings. The fourth-order valence-electron chi connectivity index (χ4n) is 3.15. The largest absolute Gasteiger partial charge is 0.461 e. The highest BCUT2D eigenvalue weighted by molar-refractivity contribution is 5.95. The van der Waals surface area contributed by atoms with Crippen LogP contribution in [0.5, 0.6) is 0 Å². The van der Waals surface area contributed by atoms with Crippen molar-refractivity contribution < 1.29 is 13.9 Å². The van der Waals surface area contributed by atoms with Gasteiger partial charge in [0.25, 0.3) is 0 Å². The van der Waals surface area contributed by atoms with Gasteiger partial charge in [-0.1, -0.05) is 13.0 Å². The average Bonchev–Trinajstić information content (AvgIpc) is 2.54. The number of halogens is 1. The standard InChI is InChI=1S/C19H26FNO2/c1-5-16(18(20)19(22)23-6-2)14-9-10-17-15(12-14)8-7-11-21(17)13(3)4/h9-10,12-13H,5-8,11H2,1-4H3/b18-16+. The van der Waals surface area contributed by atoms with Crippen molar-refractivity contribution in [1.82, 2.24) is 0 Å². The van der Waals surface area contributed by atoms with E-state index in [2.05, 4.69) is 24.8 Å². The van der Waals surface area contributed by atoms with E-state index in [1.54, 1.807) is 6.92 Å². The Hall–Kier alpha value is -1.84. The van der Waals surface area contributed by atoms with Crippen LogP contribution in [0.4, 0.5) is 10.1 Å². The van der Waals surface area contributed by atoms with Gasteiger partial charge in [-0.25, -0.2) is 4.79 Å². The number of esters is 1. The third kappa shape index (κ3) is 3.74. The van der Waals surface area contributed by atoms with E-state index >= 15 is 0 Å². The number of hydrogen-bond donors (Lipinski definition) is 0. The van der Waals surface area contributed by atoms with Crippen molar-refractivity contribution in [3.8, 4) is 0 Å². The molecule has 0 unspecified atom stereocenters. The van der Waals surface area contributed by atoms with Crippen LogP contribution in [-0.2, 0) is 16.0 Å². The Labute approximate surface area is 138 Å². The Morgan fingerprint density at radius 1 is 1.35 bits per heavy atom. The summed E-state index contributed by atoms with van der Waals surface area (Å²) < 4.78 is 19.2. The summed E-state index contributed by atoms with van der Waals surface area (Å²) >= 11 is 0. The molecule has 1 aliphatic rings.